The Kier molecular flexibility index (Phi) is 5.27. The molecule has 1 aliphatic rings. The van der Waals surface area contributed by atoms with Crippen molar-refractivity contribution in [3.8, 4) is 0 Å². The maximum Gasteiger partial charge on any atom is 0.269 e. The van der Waals surface area contributed by atoms with Gasteiger partial charge in [0.25, 0.3) is 5.91 Å². The van der Waals surface area contributed by atoms with Crippen molar-refractivity contribution in [1.82, 2.24) is 15.2 Å². The monoisotopic (exact) mass is 365 g/mol. The first kappa shape index (κ1) is 17.2. The van der Waals surface area contributed by atoms with E-state index < -0.39 is 0 Å². The lowest BCUT2D eigenvalue weighted by atomic mass is 9.96. The van der Waals surface area contributed by atoms with E-state index in [4.69, 9.17) is 0 Å². The Morgan fingerprint density at radius 2 is 1.96 bits per heavy atom. The zero-order valence-electron chi connectivity index (χ0n) is 14.7. The largest absolute Gasteiger partial charge is 0.350 e. The predicted octanol–water partition coefficient (Wildman–Crippen LogP) is 3.94. The molecular formula is C21H23N3OS. The Hall–Kier alpha value is -2.24. The number of carbonyl (C=O) groups excluding carboxylic acids is 1. The number of nitrogens with one attached hydrogen (secondary N) is 1. The fourth-order valence-corrected chi connectivity index (χ4v) is 4.24. The first-order chi connectivity index (χ1) is 12.8. The molecule has 1 N–H and O–H groups in total. The second kappa shape index (κ2) is 7.98. The van der Waals surface area contributed by atoms with Crippen LogP contribution >= 0.6 is 11.3 Å². The van der Waals surface area contributed by atoms with Gasteiger partial charge in [0.1, 0.15) is 5.69 Å². The van der Waals surface area contributed by atoms with E-state index in [9.17, 15) is 4.79 Å². The minimum Gasteiger partial charge on any atom is -0.350 e. The number of rotatable bonds is 5. The normalized spacial score (nSPS) is 16.0. The maximum absolute atomic E-state index is 12.4. The van der Waals surface area contributed by atoms with E-state index in [1.807, 2.05) is 41.7 Å². The molecule has 0 saturated carbocycles. The fraction of sp³-hybridized carbons (Fsp3) is 0.333. The summed E-state index contributed by atoms with van der Waals surface area (Å²) in [6, 6.07) is 16.0. The molecule has 1 fully saturated rings. The van der Waals surface area contributed by atoms with Crippen LogP contribution in [0.2, 0.25) is 0 Å². The Labute approximate surface area is 157 Å². The van der Waals surface area contributed by atoms with Crippen LogP contribution in [0.5, 0.6) is 0 Å². The van der Waals surface area contributed by atoms with Crippen molar-refractivity contribution in [1.29, 1.82) is 0 Å². The molecular weight excluding hydrogens is 342 g/mol. The van der Waals surface area contributed by atoms with Crippen molar-refractivity contribution < 1.29 is 4.79 Å². The highest BCUT2D eigenvalue weighted by molar-refractivity contribution is 7.09. The van der Waals surface area contributed by atoms with E-state index in [0.29, 0.717) is 11.6 Å². The second-order valence-corrected chi connectivity index (χ2v) is 7.93. The van der Waals surface area contributed by atoms with Crippen LogP contribution in [-0.4, -0.2) is 35.4 Å². The molecule has 0 unspecified atom stereocenters. The number of likely N-dealkylation sites (tertiary alicyclic amines) is 1. The van der Waals surface area contributed by atoms with Gasteiger partial charge in [-0.15, -0.1) is 11.3 Å². The summed E-state index contributed by atoms with van der Waals surface area (Å²) >= 11 is 1.82. The summed E-state index contributed by atoms with van der Waals surface area (Å²) in [4.78, 5) is 20.8. The number of aromatic nitrogens is 1. The molecule has 3 aromatic rings. The quantitative estimate of drug-likeness (QED) is 0.745. The number of nitrogens with zero attached hydrogens (tertiary/aromatic N) is 2. The van der Waals surface area contributed by atoms with Gasteiger partial charge in [-0.2, -0.15) is 0 Å². The van der Waals surface area contributed by atoms with Crippen LogP contribution < -0.4 is 5.32 Å². The van der Waals surface area contributed by atoms with Crippen molar-refractivity contribution in [2.24, 2.45) is 5.92 Å². The topological polar surface area (TPSA) is 45.2 Å². The number of fused-ring (bicyclic) bond motifs is 1. The van der Waals surface area contributed by atoms with Gasteiger partial charge in [-0.05, 0) is 55.4 Å². The van der Waals surface area contributed by atoms with Crippen LogP contribution in [0.3, 0.4) is 0 Å². The minimum atomic E-state index is -0.0724. The zero-order valence-corrected chi connectivity index (χ0v) is 15.5. The average Bonchev–Trinajstić information content (AvgIpc) is 3.20. The summed E-state index contributed by atoms with van der Waals surface area (Å²) in [7, 11) is 0. The summed E-state index contributed by atoms with van der Waals surface area (Å²) in [5, 5.41) is 6.27. The Morgan fingerprint density at radius 1 is 1.12 bits per heavy atom. The van der Waals surface area contributed by atoms with Gasteiger partial charge in [-0.3, -0.25) is 9.69 Å². The van der Waals surface area contributed by atoms with E-state index in [-0.39, 0.29) is 5.91 Å². The van der Waals surface area contributed by atoms with Gasteiger partial charge in [0.2, 0.25) is 0 Å². The number of pyridine rings is 1. The van der Waals surface area contributed by atoms with Crippen LogP contribution in [0.4, 0.5) is 0 Å². The number of benzene rings is 1. The third-order valence-corrected chi connectivity index (χ3v) is 5.91. The first-order valence-electron chi connectivity index (χ1n) is 9.17. The predicted molar refractivity (Wildman–Crippen MR) is 106 cm³/mol. The lowest BCUT2D eigenvalue weighted by Gasteiger charge is -2.31. The summed E-state index contributed by atoms with van der Waals surface area (Å²) in [5.41, 5.74) is 1.36. The van der Waals surface area contributed by atoms with Crippen LogP contribution in [0.15, 0.2) is 53.9 Å². The third-order valence-electron chi connectivity index (χ3n) is 5.05. The van der Waals surface area contributed by atoms with Crippen molar-refractivity contribution in [3.05, 3.63) is 64.5 Å². The highest BCUT2D eigenvalue weighted by Crippen LogP contribution is 2.20. The number of amides is 1. The van der Waals surface area contributed by atoms with Gasteiger partial charge in [-0.1, -0.05) is 30.3 Å². The number of carbonyl (C=O) groups is 1. The van der Waals surface area contributed by atoms with Crippen molar-refractivity contribution in [2.75, 3.05) is 19.6 Å². The molecule has 0 bridgehead atoms. The van der Waals surface area contributed by atoms with Crippen LogP contribution in [0.25, 0.3) is 10.9 Å². The molecule has 0 aliphatic carbocycles. The Bertz CT molecular complexity index is 870. The molecule has 0 spiro atoms. The minimum absolute atomic E-state index is 0.0724. The van der Waals surface area contributed by atoms with E-state index >= 15 is 0 Å². The number of hydrogen-bond donors (Lipinski definition) is 1. The smallest absolute Gasteiger partial charge is 0.269 e. The molecule has 2 aromatic heterocycles. The Morgan fingerprint density at radius 3 is 2.77 bits per heavy atom. The lowest BCUT2D eigenvalue weighted by Crippen LogP contribution is -2.38. The average molecular weight is 366 g/mol. The Balaban J connectivity index is 1.26. The molecule has 5 heteroatoms. The maximum atomic E-state index is 12.4. The van der Waals surface area contributed by atoms with E-state index in [1.165, 1.54) is 4.88 Å². The highest BCUT2D eigenvalue weighted by atomic mass is 32.1. The standard InChI is InChI=1S/C21H23N3OS/c25-21(20-8-7-17-4-1-2-6-19(17)23-20)22-14-16-9-11-24(12-10-16)15-18-5-3-13-26-18/h1-8,13,16H,9-12,14-15H2,(H,22,25). The van der Waals surface area contributed by atoms with Gasteiger partial charge in [-0.25, -0.2) is 4.98 Å². The number of thiophene rings is 1. The van der Waals surface area contributed by atoms with E-state index in [2.05, 4.69) is 32.7 Å². The first-order valence-corrected chi connectivity index (χ1v) is 10.0. The molecule has 1 saturated heterocycles. The van der Waals surface area contributed by atoms with Gasteiger partial charge < -0.3 is 5.32 Å². The molecule has 1 amide bonds. The summed E-state index contributed by atoms with van der Waals surface area (Å²) in [6.45, 7) is 4.00. The van der Waals surface area contributed by atoms with Crippen LogP contribution in [0.1, 0.15) is 28.2 Å². The molecule has 26 heavy (non-hydrogen) atoms. The van der Waals surface area contributed by atoms with Crippen molar-refractivity contribution >= 4 is 28.1 Å². The van der Waals surface area contributed by atoms with Gasteiger partial charge >= 0.3 is 0 Å². The number of hydrogen-bond acceptors (Lipinski definition) is 4. The lowest BCUT2D eigenvalue weighted by molar-refractivity contribution is 0.0931. The van der Waals surface area contributed by atoms with Gasteiger partial charge in [0.05, 0.1) is 5.52 Å². The highest BCUT2D eigenvalue weighted by Gasteiger charge is 2.20. The molecule has 3 heterocycles. The molecule has 134 valence electrons. The van der Waals surface area contributed by atoms with Crippen molar-refractivity contribution in [3.63, 3.8) is 0 Å². The molecule has 0 radical (unpaired) electrons. The molecule has 1 aromatic carbocycles. The molecule has 1 aliphatic heterocycles. The van der Waals surface area contributed by atoms with Gasteiger partial charge in [0.15, 0.2) is 0 Å². The van der Waals surface area contributed by atoms with Crippen LogP contribution in [0, 0.1) is 5.92 Å². The fourth-order valence-electron chi connectivity index (χ4n) is 3.49. The second-order valence-electron chi connectivity index (χ2n) is 6.90. The SMILES string of the molecule is O=C(NCC1CCN(Cc2cccs2)CC1)c1ccc2ccccc2n1. The molecule has 0 atom stereocenters. The van der Waals surface area contributed by atoms with Crippen molar-refractivity contribution in [2.45, 2.75) is 19.4 Å². The van der Waals surface area contributed by atoms with Crippen LogP contribution in [-0.2, 0) is 6.54 Å². The van der Waals surface area contributed by atoms with E-state index in [0.717, 1.165) is 49.9 Å². The van der Waals surface area contributed by atoms with Gasteiger partial charge in [0, 0.05) is 23.4 Å². The number of para-hydroxylation sites is 1. The number of piperidine rings is 1. The van der Waals surface area contributed by atoms with E-state index in [1.54, 1.807) is 6.07 Å². The summed E-state index contributed by atoms with van der Waals surface area (Å²) in [6.07, 6.45) is 2.27. The summed E-state index contributed by atoms with van der Waals surface area (Å²) < 4.78 is 0. The third kappa shape index (κ3) is 4.11. The molecule has 4 rings (SSSR count). The molecule has 4 nitrogen and oxygen atoms in total. The zero-order chi connectivity index (χ0) is 17.8. The summed E-state index contributed by atoms with van der Waals surface area (Å²) in [5.74, 6) is 0.482.